The summed E-state index contributed by atoms with van der Waals surface area (Å²) in [5, 5.41) is 9.50. The number of hydrazine groups is 2. The Hall–Kier alpha value is -1.37. The SMILES string of the molecule is COCCS(=O)C1=C2NN3NCCC3C3CC(c4cnc5c(c4)OCCN5)NC(S1)C23. The molecule has 6 unspecified atom stereocenters. The molecule has 0 bridgehead atoms. The molecule has 6 atom stereocenters. The van der Waals surface area contributed by atoms with Gasteiger partial charge in [-0.3, -0.25) is 9.53 Å². The Morgan fingerprint density at radius 1 is 1.42 bits per heavy atom. The average Bonchev–Trinajstić information content (AvgIpc) is 3.43. The van der Waals surface area contributed by atoms with Gasteiger partial charge in [0.2, 0.25) is 0 Å². The van der Waals surface area contributed by atoms with Crippen molar-refractivity contribution >= 4 is 28.4 Å². The molecule has 5 aliphatic rings. The average molecular weight is 465 g/mol. The molecular weight excluding hydrogens is 436 g/mol. The minimum Gasteiger partial charge on any atom is -0.488 e. The van der Waals surface area contributed by atoms with E-state index in [9.17, 15) is 4.21 Å². The second kappa shape index (κ2) is 8.20. The molecule has 0 radical (unpaired) electrons. The lowest BCUT2D eigenvalue weighted by Crippen LogP contribution is -2.61. The first kappa shape index (κ1) is 20.3. The summed E-state index contributed by atoms with van der Waals surface area (Å²) in [6.45, 7) is 2.92. The number of thioether (sulfide) groups is 1. The van der Waals surface area contributed by atoms with Gasteiger partial charge in [-0.25, -0.2) is 10.4 Å². The largest absolute Gasteiger partial charge is 0.488 e. The predicted molar refractivity (Wildman–Crippen MR) is 120 cm³/mol. The number of ether oxygens (including phenoxy) is 2. The molecule has 9 nitrogen and oxygen atoms in total. The van der Waals surface area contributed by atoms with Gasteiger partial charge < -0.3 is 20.2 Å². The third kappa shape index (κ3) is 3.46. The van der Waals surface area contributed by atoms with Crippen LogP contribution in [0.2, 0.25) is 0 Å². The molecule has 6 rings (SSSR count). The van der Waals surface area contributed by atoms with E-state index in [4.69, 9.17) is 9.47 Å². The lowest BCUT2D eigenvalue weighted by molar-refractivity contribution is 0.00557. The van der Waals surface area contributed by atoms with Crippen LogP contribution in [0, 0.1) is 11.8 Å². The minimum atomic E-state index is -1.07. The van der Waals surface area contributed by atoms with Gasteiger partial charge in [-0.1, -0.05) is 11.8 Å². The van der Waals surface area contributed by atoms with Crippen LogP contribution in [0.4, 0.5) is 5.82 Å². The van der Waals surface area contributed by atoms with Crippen molar-refractivity contribution in [1.82, 2.24) is 26.3 Å². The van der Waals surface area contributed by atoms with Gasteiger partial charge in [0, 0.05) is 37.9 Å². The summed E-state index contributed by atoms with van der Waals surface area (Å²) in [4.78, 5) is 4.61. The van der Waals surface area contributed by atoms with Crippen LogP contribution in [0.15, 0.2) is 22.2 Å². The first-order valence-corrected chi connectivity index (χ1v) is 13.1. The number of fused-ring (bicyclic) bond motifs is 3. The molecule has 31 heavy (non-hydrogen) atoms. The summed E-state index contributed by atoms with van der Waals surface area (Å²) < 4.78 is 25.0. The third-order valence-corrected chi connectivity index (χ3v) is 9.98. The van der Waals surface area contributed by atoms with E-state index in [1.54, 1.807) is 18.9 Å². The maximum atomic E-state index is 13.1. The third-order valence-electron chi connectivity index (χ3n) is 6.84. The fourth-order valence-electron chi connectivity index (χ4n) is 5.44. The Bertz CT molecular complexity index is 930. The second-order valence-electron chi connectivity index (χ2n) is 8.56. The van der Waals surface area contributed by atoms with Gasteiger partial charge in [-0.05, 0) is 30.4 Å². The van der Waals surface area contributed by atoms with Gasteiger partial charge in [0.05, 0.1) is 45.0 Å². The predicted octanol–water partition coefficient (Wildman–Crippen LogP) is 0.887. The molecule has 5 aliphatic heterocycles. The highest BCUT2D eigenvalue weighted by molar-refractivity contribution is 8.17. The van der Waals surface area contributed by atoms with Crippen LogP contribution < -0.4 is 26.2 Å². The number of piperidine rings is 1. The molecule has 3 fully saturated rings. The van der Waals surface area contributed by atoms with Gasteiger partial charge >= 0.3 is 0 Å². The van der Waals surface area contributed by atoms with Crippen molar-refractivity contribution in [3.05, 3.63) is 27.8 Å². The zero-order chi connectivity index (χ0) is 20.9. The Labute approximate surface area is 188 Å². The van der Waals surface area contributed by atoms with Crippen molar-refractivity contribution < 1.29 is 13.7 Å². The summed E-state index contributed by atoms with van der Waals surface area (Å²) in [6, 6.07) is 2.75. The summed E-state index contributed by atoms with van der Waals surface area (Å²) in [7, 11) is 0.587. The number of nitrogens with zero attached hydrogens (tertiary/aromatic N) is 2. The molecule has 11 heteroatoms. The summed E-state index contributed by atoms with van der Waals surface area (Å²) in [6.07, 6.45) is 4.10. The summed E-state index contributed by atoms with van der Waals surface area (Å²) >= 11 is 1.73. The van der Waals surface area contributed by atoms with Crippen LogP contribution in [0.25, 0.3) is 0 Å². The number of anilines is 1. The first-order valence-electron chi connectivity index (χ1n) is 10.9. The molecule has 0 amide bonds. The van der Waals surface area contributed by atoms with Crippen LogP contribution in [0.3, 0.4) is 0 Å². The fourth-order valence-corrected chi connectivity index (χ4v) is 8.62. The number of hydrogen-bond donors (Lipinski definition) is 4. The standard InChI is InChI=1S/C20H28N6O3S2/c1-28-6-7-31(27)20-17-16-12(14-2-3-23-26(14)25-17)9-13(24-19(16)30-20)11-8-15-18(22-10-11)21-4-5-29-15/h8,10,12-14,16,19,23-25H,2-7,9H2,1H3,(H,21,22). The molecule has 4 N–H and O–H groups in total. The molecule has 1 aromatic heterocycles. The Balaban J connectivity index is 1.31. The monoisotopic (exact) mass is 464 g/mol. The topological polar surface area (TPSA) is 99.8 Å². The molecule has 0 aliphatic carbocycles. The van der Waals surface area contributed by atoms with E-state index in [-0.39, 0.29) is 11.4 Å². The Morgan fingerprint density at radius 2 is 2.35 bits per heavy atom. The molecule has 3 saturated heterocycles. The van der Waals surface area contributed by atoms with E-state index >= 15 is 0 Å². The van der Waals surface area contributed by atoms with Crippen molar-refractivity contribution in [2.75, 3.05) is 44.5 Å². The minimum absolute atomic E-state index is 0.190. The summed E-state index contributed by atoms with van der Waals surface area (Å²) in [5.74, 6) is 3.00. The molecular formula is C20H28N6O3S2. The van der Waals surface area contributed by atoms with Crippen LogP contribution in [0.5, 0.6) is 5.75 Å². The number of aromatic nitrogens is 1. The van der Waals surface area contributed by atoms with Gasteiger partial charge in [0.15, 0.2) is 11.6 Å². The first-order chi connectivity index (χ1) is 15.2. The van der Waals surface area contributed by atoms with Crippen LogP contribution >= 0.6 is 11.8 Å². The summed E-state index contributed by atoms with van der Waals surface area (Å²) in [5.41, 5.74) is 9.33. The Kier molecular flexibility index (Phi) is 5.36. The zero-order valence-electron chi connectivity index (χ0n) is 17.4. The number of nitrogens with one attached hydrogen (secondary N) is 4. The van der Waals surface area contributed by atoms with E-state index < -0.39 is 10.8 Å². The van der Waals surface area contributed by atoms with Crippen LogP contribution in [-0.2, 0) is 15.5 Å². The van der Waals surface area contributed by atoms with E-state index in [0.29, 0.717) is 36.8 Å². The highest BCUT2D eigenvalue weighted by atomic mass is 32.2. The van der Waals surface area contributed by atoms with Gasteiger partial charge in [-0.2, -0.15) is 5.12 Å². The zero-order valence-corrected chi connectivity index (χ0v) is 19.1. The number of rotatable bonds is 5. The molecule has 0 aromatic carbocycles. The molecule has 1 aromatic rings. The van der Waals surface area contributed by atoms with Gasteiger partial charge in [0.25, 0.3) is 0 Å². The van der Waals surface area contributed by atoms with Crippen molar-refractivity contribution in [2.45, 2.75) is 30.3 Å². The van der Waals surface area contributed by atoms with Crippen LogP contribution in [0.1, 0.15) is 24.4 Å². The highest BCUT2D eigenvalue weighted by Crippen LogP contribution is 2.54. The van der Waals surface area contributed by atoms with Crippen molar-refractivity contribution in [1.29, 1.82) is 0 Å². The maximum Gasteiger partial charge on any atom is 0.168 e. The molecule has 168 valence electrons. The van der Waals surface area contributed by atoms with Crippen molar-refractivity contribution in [3.63, 3.8) is 0 Å². The Morgan fingerprint density at radius 3 is 3.26 bits per heavy atom. The van der Waals surface area contributed by atoms with Crippen molar-refractivity contribution in [3.8, 4) is 5.75 Å². The fraction of sp³-hybridized carbons (Fsp3) is 0.650. The van der Waals surface area contributed by atoms with E-state index in [1.807, 2.05) is 6.20 Å². The van der Waals surface area contributed by atoms with E-state index in [1.165, 1.54) is 0 Å². The van der Waals surface area contributed by atoms with Crippen molar-refractivity contribution in [2.24, 2.45) is 11.8 Å². The quantitative estimate of drug-likeness (QED) is 0.503. The van der Waals surface area contributed by atoms with E-state index in [0.717, 1.165) is 53.0 Å². The maximum absolute atomic E-state index is 13.1. The molecule has 0 saturated carbocycles. The molecule has 6 heterocycles. The lowest BCUT2D eigenvalue weighted by atomic mass is 9.74. The highest BCUT2D eigenvalue weighted by Gasteiger charge is 2.54. The normalized spacial score (nSPS) is 34.8. The number of pyridine rings is 1. The smallest absolute Gasteiger partial charge is 0.168 e. The number of hydrogen-bond acceptors (Lipinski definition) is 10. The van der Waals surface area contributed by atoms with Gasteiger partial charge in [0.1, 0.15) is 6.61 Å². The van der Waals surface area contributed by atoms with Gasteiger partial charge in [-0.15, -0.1) is 0 Å². The van der Waals surface area contributed by atoms with E-state index in [2.05, 4.69) is 37.7 Å². The lowest BCUT2D eigenvalue weighted by Gasteiger charge is -2.48. The van der Waals surface area contributed by atoms with Crippen LogP contribution in [-0.4, -0.2) is 64.9 Å². The number of methoxy groups -OCH3 is 1. The second-order valence-corrected chi connectivity index (χ2v) is 11.5. The molecule has 0 spiro atoms.